The minimum absolute atomic E-state index is 0.215. The Bertz CT molecular complexity index is 780. The number of carbonyl (C=O) groups excluding carboxylic acids is 4. The topological polar surface area (TPSA) is 128 Å². The Morgan fingerprint density at radius 1 is 1.20 bits per heavy atom. The van der Waals surface area contributed by atoms with Gasteiger partial charge in [-0.15, -0.1) is 0 Å². The third kappa shape index (κ3) is 6.91. The number of hydrogen-bond acceptors (Lipinski definition) is 6. The van der Waals surface area contributed by atoms with Gasteiger partial charge in [0.15, 0.2) is 6.61 Å². The molecule has 0 radical (unpaired) electrons. The largest absolute Gasteiger partial charge is 0.466 e. The van der Waals surface area contributed by atoms with Crippen LogP contribution >= 0.6 is 11.6 Å². The molecule has 0 aliphatic carbocycles. The van der Waals surface area contributed by atoms with Crippen molar-refractivity contribution in [3.63, 3.8) is 0 Å². The molecule has 1 unspecified atom stereocenters. The lowest BCUT2D eigenvalue weighted by Gasteiger charge is -2.30. The van der Waals surface area contributed by atoms with Crippen LogP contribution in [0.25, 0.3) is 0 Å². The van der Waals surface area contributed by atoms with Crippen molar-refractivity contribution in [2.75, 3.05) is 26.3 Å². The van der Waals surface area contributed by atoms with Crippen LogP contribution in [0.1, 0.15) is 37.8 Å². The molecule has 0 saturated carbocycles. The zero-order chi connectivity index (χ0) is 22.1. The van der Waals surface area contributed by atoms with E-state index >= 15 is 0 Å². The van der Waals surface area contributed by atoms with Crippen LogP contribution in [0.4, 0.5) is 4.79 Å². The fourth-order valence-electron chi connectivity index (χ4n) is 3.25. The summed E-state index contributed by atoms with van der Waals surface area (Å²) >= 11 is 6.13. The van der Waals surface area contributed by atoms with E-state index in [1.54, 1.807) is 36.1 Å². The number of rotatable bonds is 8. The Hall–Kier alpha value is -2.81. The van der Waals surface area contributed by atoms with E-state index in [0.717, 1.165) is 0 Å². The first kappa shape index (κ1) is 23.5. The zero-order valence-electron chi connectivity index (χ0n) is 16.8. The van der Waals surface area contributed by atoms with Crippen molar-refractivity contribution in [2.24, 2.45) is 11.7 Å². The molecule has 9 nitrogen and oxygen atoms in total. The summed E-state index contributed by atoms with van der Waals surface area (Å²) in [5.74, 6) is -1.48. The molecule has 1 saturated heterocycles. The number of esters is 2. The van der Waals surface area contributed by atoms with E-state index in [0.29, 0.717) is 43.1 Å². The summed E-state index contributed by atoms with van der Waals surface area (Å²) in [6, 6.07) is 5.13. The number of likely N-dealkylation sites (tertiary alicyclic amines) is 1. The van der Waals surface area contributed by atoms with Crippen LogP contribution in [-0.2, 0) is 23.9 Å². The molecule has 164 valence electrons. The first-order chi connectivity index (χ1) is 14.3. The van der Waals surface area contributed by atoms with Crippen LogP contribution in [0, 0.1) is 5.92 Å². The molecule has 1 aliphatic heterocycles. The number of urea groups is 1. The number of primary amides is 1. The molecule has 1 aromatic rings. The first-order valence-electron chi connectivity index (χ1n) is 9.72. The Kier molecular flexibility index (Phi) is 8.91. The normalized spacial score (nSPS) is 15.2. The van der Waals surface area contributed by atoms with Crippen molar-refractivity contribution >= 4 is 35.5 Å². The lowest BCUT2D eigenvalue weighted by Crippen LogP contribution is -2.42. The van der Waals surface area contributed by atoms with Gasteiger partial charge in [-0.25, -0.2) is 4.79 Å². The summed E-state index contributed by atoms with van der Waals surface area (Å²) in [6.07, 6.45) is 0.788. The Labute approximate surface area is 179 Å². The predicted molar refractivity (Wildman–Crippen MR) is 108 cm³/mol. The van der Waals surface area contributed by atoms with Crippen LogP contribution in [0.5, 0.6) is 0 Å². The van der Waals surface area contributed by atoms with Gasteiger partial charge in [-0.2, -0.15) is 0 Å². The minimum Gasteiger partial charge on any atom is -0.466 e. The molecule has 2 rings (SSSR count). The smallest absolute Gasteiger partial charge is 0.312 e. The molecule has 0 aromatic heterocycles. The Balaban J connectivity index is 1.84. The summed E-state index contributed by atoms with van der Waals surface area (Å²) in [5.41, 5.74) is 5.70. The molecular weight excluding hydrogens is 414 g/mol. The highest BCUT2D eigenvalue weighted by molar-refractivity contribution is 6.31. The summed E-state index contributed by atoms with van der Waals surface area (Å²) in [4.78, 5) is 49.1. The summed E-state index contributed by atoms with van der Waals surface area (Å²) in [7, 11) is 0. The van der Waals surface area contributed by atoms with Gasteiger partial charge in [0.05, 0.1) is 25.0 Å². The third-order valence-electron chi connectivity index (χ3n) is 4.79. The average molecular weight is 440 g/mol. The van der Waals surface area contributed by atoms with Crippen LogP contribution in [-0.4, -0.2) is 55.1 Å². The highest BCUT2D eigenvalue weighted by Gasteiger charge is 2.29. The van der Waals surface area contributed by atoms with Crippen LogP contribution in [0.3, 0.4) is 0 Å². The van der Waals surface area contributed by atoms with Gasteiger partial charge in [-0.3, -0.25) is 14.4 Å². The Morgan fingerprint density at radius 3 is 2.47 bits per heavy atom. The fourth-order valence-corrected chi connectivity index (χ4v) is 3.52. The minimum atomic E-state index is -0.812. The molecule has 1 aliphatic rings. The molecule has 3 N–H and O–H groups in total. The van der Waals surface area contributed by atoms with Gasteiger partial charge in [-0.1, -0.05) is 29.8 Å². The van der Waals surface area contributed by atoms with E-state index in [9.17, 15) is 19.2 Å². The second kappa shape index (κ2) is 11.4. The lowest BCUT2D eigenvalue weighted by molar-refractivity contribution is -0.155. The molecule has 1 fully saturated rings. The number of amides is 3. The second-order valence-corrected chi connectivity index (χ2v) is 7.26. The predicted octanol–water partition coefficient (Wildman–Crippen LogP) is 1.78. The van der Waals surface area contributed by atoms with Crippen LogP contribution in [0.2, 0.25) is 5.02 Å². The number of piperidine rings is 1. The molecule has 10 heteroatoms. The van der Waals surface area contributed by atoms with Gasteiger partial charge < -0.3 is 25.4 Å². The van der Waals surface area contributed by atoms with E-state index in [1.807, 2.05) is 0 Å². The van der Waals surface area contributed by atoms with Crippen molar-refractivity contribution in [2.45, 2.75) is 32.2 Å². The second-order valence-electron chi connectivity index (χ2n) is 6.85. The van der Waals surface area contributed by atoms with E-state index in [2.05, 4.69) is 5.32 Å². The van der Waals surface area contributed by atoms with Crippen molar-refractivity contribution in [3.05, 3.63) is 34.9 Å². The molecule has 0 bridgehead atoms. The number of benzene rings is 1. The monoisotopic (exact) mass is 439 g/mol. The highest BCUT2D eigenvalue weighted by atomic mass is 35.5. The molecule has 0 spiro atoms. The quantitative estimate of drug-likeness (QED) is 0.594. The third-order valence-corrected chi connectivity index (χ3v) is 5.14. The standard InChI is InChI=1S/C20H26ClN3O6/c1-2-29-19(27)13-7-9-24(10-8-13)17(25)12-30-18(26)11-16(23-20(22)28)14-5-3-4-6-15(14)21/h3-6,13,16H,2,7-12H2,1H3,(H3,22,23,28). The average Bonchev–Trinajstić information content (AvgIpc) is 2.72. The van der Waals surface area contributed by atoms with E-state index in [4.69, 9.17) is 26.8 Å². The number of nitrogens with one attached hydrogen (secondary N) is 1. The number of halogens is 1. The van der Waals surface area contributed by atoms with Crippen molar-refractivity contribution in [1.82, 2.24) is 10.2 Å². The van der Waals surface area contributed by atoms with Gasteiger partial charge in [0, 0.05) is 18.1 Å². The maximum absolute atomic E-state index is 12.3. The van der Waals surface area contributed by atoms with Crippen molar-refractivity contribution < 1.29 is 28.7 Å². The van der Waals surface area contributed by atoms with E-state index < -0.39 is 24.6 Å². The SMILES string of the molecule is CCOC(=O)C1CCN(C(=O)COC(=O)CC(NC(N)=O)c2ccccc2Cl)CC1. The summed E-state index contributed by atoms with van der Waals surface area (Å²) in [5, 5.41) is 2.82. The summed E-state index contributed by atoms with van der Waals surface area (Å²) < 4.78 is 10.1. The fraction of sp³-hybridized carbons (Fsp3) is 0.500. The van der Waals surface area contributed by atoms with Gasteiger partial charge in [0.25, 0.3) is 5.91 Å². The van der Waals surface area contributed by atoms with Crippen molar-refractivity contribution in [3.8, 4) is 0 Å². The first-order valence-corrected chi connectivity index (χ1v) is 10.1. The van der Waals surface area contributed by atoms with Crippen molar-refractivity contribution in [1.29, 1.82) is 0 Å². The van der Waals surface area contributed by atoms with E-state index in [-0.39, 0.29) is 24.2 Å². The highest BCUT2D eigenvalue weighted by Crippen LogP contribution is 2.25. The molecule has 1 heterocycles. The molecule has 1 aromatic carbocycles. The number of ether oxygens (including phenoxy) is 2. The van der Waals surface area contributed by atoms with Gasteiger partial charge in [0.1, 0.15) is 0 Å². The van der Waals surface area contributed by atoms with Gasteiger partial charge >= 0.3 is 18.0 Å². The molecular formula is C20H26ClN3O6. The molecule has 1 atom stereocenters. The van der Waals surface area contributed by atoms with Crippen LogP contribution < -0.4 is 11.1 Å². The molecule has 3 amide bonds. The number of nitrogens with zero attached hydrogens (tertiary/aromatic N) is 1. The van der Waals surface area contributed by atoms with Gasteiger partial charge in [-0.05, 0) is 31.4 Å². The number of nitrogens with two attached hydrogens (primary N) is 1. The maximum Gasteiger partial charge on any atom is 0.312 e. The zero-order valence-corrected chi connectivity index (χ0v) is 17.5. The number of hydrogen-bond donors (Lipinski definition) is 2. The Morgan fingerprint density at radius 2 is 1.87 bits per heavy atom. The van der Waals surface area contributed by atoms with E-state index in [1.165, 1.54) is 0 Å². The van der Waals surface area contributed by atoms with Crippen LogP contribution in [0.15, 0.2) is 24.3 Å². The number of carbonyl (C=O) groups is 4. The maximum atomic E-state index is 12.3. The lowest BCUT2D eigenvalue weighted by atomic mass is 9.97. The van der Waals surface area contributed by atoms with Gasteiger partial charge in [0.2, 0.25) is 0 Å². The molecule has 30 heavy (non-hydrogen) atoms. The summed E-state index contributed by atoms with van der Waals surface area (Å²) in [6.45, 7) is 2.44.